The van der Waals surface area contributed by atoms with Crippen LogP contribution in [0.3, 0.4) is 0 Å². The molecule has 0 bridgehead atoms. The number of nitriles is 1. The molecule has 0 aliphatic rings. The topological polar surface area (TPSA) is 100.0 Å². The Morgan fingerprint density at radius 3 is 2.44 bits per heavy atom. The van der Waals surface area contributed by atoms with E-state index in [1.54, 1.807) is 35.6 Å². The van der Waals surface area contributed by atoms with Crippen molar-refractivity contribution in [1.29, 1.82) is 5.26 Å². The van der Waals surface area contributed by atoms with Crippen LogP contribution >= 0.6 is 12.2 Å². The number of ketones is 1. The van der Waals surface area contributed by atoms with E-state index in [1.165, 1.54) is 12.1 Å². The number of benzene rings is 3. The number of halogens is 3. The van der Waals surface area contributed by atoms with E-state index in [4.69, 9.17) is 23.2 Å². The van der Waals surface area contributed by atoms with Gasteiger partial charge in [0.2, 0.25) is 0 Å². The lowest BCUT2D eigenvalue weighted by atomic mass is 9.95. The summed E-state index contributed by atoms with van der Waals surface area (Å²) in [6, 6.07) is 24.5. The van der Waals surface area contributed by atoms with Crippen LogP contribution in [0.25, 0.3) is 0 Å². The fraction of sp³-hybridized carbons (Fsp3) is 0.294. The number of nitrogens with two attached hydrogens (primary N) is 1. The van der Waals surface area contributed by atoms with Crippen molar-refractivity contribution in [2.45, 2.75) is 38.5 Å². The molecule has 0 radical (unpaired) electrons. The standard InChI is InChI=1S/C34H35F3N6OS/c35-34(36,37)31-9-5-4-8-28(31)22-42(33(45)41-17-15-25-6-2-1-3-7-25)23-29(14-16-38)32(44)18-30-20-40-24-43(30)21-27-12-10-26(19-39)11-13-27/h1-13,20,24,29H,14-18,21-23,38H2,(H,41,45)/t29-/m0/s1. The summed E-state index contributed by atoms with van der Waals surface area (Å²) in [6.45, 7) is 1.14. The molecule has 1 atom stereocenters. The summed E-state index contributed by atoms with van der Waals surface area (Å²) < 4.78 is 43.5. The largest absolute Gasteiger partial charge is 0.416 e. The maximum absolute atomic E-state index is 13.9. The monoisotopic (exact) mass is 632 g/mol. The number of Topliss-reactive ketones (excluding diaryl/α,β-unsaturated/α-hetero) is 1. The predicted molar refractivity (Wildman–Crippen MR) is 171 cm³/mol. The Labute approximate surface area is 266 Å². The Hall–Kier alpha value is -4.53. The Balaban J connectivity index is 1.51. The van der Waals surface area contributed by atoms with Crippen molar-refractivity contribution in [1.82, 2.24) is 19.8 Å². The van der Waals surface area contributed by atoms with Crippen LogP contribution in [-0.2, 0) is 36.9 Å². The van der Waals surface area contributed by atoms with Crippen molar-refractivity contribution in [2.75, 3.05) is 19.6 Å². The third kappa shape index (κ3) is 9.73. The normalized spacial score (nSPS) is 11.9. The second kappa shape index (κ2) is 16.0. The van der Waals surface area contributed by atoms with E-state index in [1.807, 2.05) is 47.0 Å². The Kier molecular flexibility index (Phi) is 11.8. The molecule has 45 heavy (non-hydrogen) atoms. The van der Waals surface area contributed by atoms with E-state index in [2.05, 4.69) is 16.4 Å². The number of thiocarbonyl (C=S) groups is 1. The number of hydrogen-bond acceptors (Lipinski definition) is 5. The van der Waals surface area contributed by atoms with Crippen LogP contribution in [-0.4, -0.2) is 45.0 Å². The van der Waals surface area contributed by atoms with Crippen LogP contribution in [0.5, 0.6) is 0 Å². The quantitative estimate of drug-likeness (QED) is 0.177. The number of carbonyl (C=O) groups is 1. The van der Waals surface area contributed by atoms with Crippen molar-refractivity contribution >= 4 is 23.1 Å². The summed E-state index contributed by atoms with van der Waals surface area (Å²) in [6.07, 6.45) is -0.180. The second-order valence-corrected chi connectivity index (χ2v) is 11.1. The number of alkyl halides is 3. The van der Waals surface area contributed by atoms with Gasteiger partial charge in [-0.2, -0.15) is 18.4 Å². The third-order valence-corrected chi connectivity index (χ3v) is 7.91. The maximum Gasteiger partial charge on any atom is 0.416 e. The highest BCUT2D eigenvalue weighted by Crippen LogP contribution is 2.32. The number of rotatable bonds is 14. The van der Waals surface area contributed by atoms with Crippen LogP contribution in [0.1, 0.15) is 39.9 Å². The molecule has 4 rings (SSSR count). The molecule has 7 nitrogen and oxygen atoms in total. The minimum absolute atomic E-state index is 0.0663. The first-order chi connectivity index (χ1) is 21.7. The van der Waals surface area contributed by atoms with Gasteiger partial charge >= 0.3 is 6.18 Å². The molecule has 1 heterocycles. The van der Waals surface area contributed by atoms with Gasteiger partial charge in [0.05, 0.1) is 23.5 Å². The molecule has 0 aliphatic carbocycles. The Morgan fingerprint density at radius 2 is 1.76 bits per heavy atom. The van der Waals surface area contributed by atoms with Gasteiger partial charge in [-0.05, 0) is 66.5 Å². The molecule has 0 saturated heterocycles. The van der Waals surface area contributed by atoms with Crippen LogP contribution in [0.15, 0.2) is 91.4 Å². The second-order valence-electron chi connectivity index (χ2n) is 10.7. The summed E-state index contributed by atoms with van der Waals surface area (Å²) in [5.41, 5.74) is 8.54. The summed E-state index contributed by atoms with van der Waals surface area (Å²) in [5.74, 6) is -0.691. The Bertz CT molecular complexity index is 1600. The zero-order chi connectivity index (χ0) is 32.2. The first-order valence-electron chi connectivity index (χ1n) is 14.6. The minimum atomic E-state index is -4.54. The van der Waals surface area contributed by atoms with Crippen molar-refractivity contribution in [3.05, 3.63) is 125 Å². The van der Waals surface area contributed by atoms with E-state index >= 15 is 0 Å². The van der Waals surface area contributed by atoms with Crippen LogP contribution in [0.2, 0.25) is 0 Å². The van der Waals surface area contributed by atoms with Gasteiger partial charge in [0.1, 0.15) is 5.78 Å². The van der Waals surface area contributed by atoms with Gasteiger partial charge in [-0.1, -0.05) is 60.7 Å². The lowest BCUT2D eigenvalue weighted by Gasteiger charge is -2.30. The van der Waals surface area contributed by atoms with Crippen LogP contribution < -0.4 is 11.1 Å². The summed E-state index contributed by atoms with van der Waals surface area (Å²) in [5, 5.41) is 12.5. The molecule has 0 aliphatic heterocycles. The van der Waals surface area contributed by atoms with Gasteiger partial charge < -0.3 is 20.5 Å². The third-order valence-electron chi connectivity index (χ3n) is 7.50. The molecule has 1 aromatic heterocycles. The molecule has 0 unspecified atom stereocenters. The zero-order valence-corrected chi connectivity index (χ0v) is 25.5. The smallest absolute Gasteiger partial charge is 0.362 e. The number of hydrogen-bond donors (Lipinski definition) is 2. The van der Waals surface area contributed by atoms with Gasteiger partial charge in [0.25, 0.3) is 0 Å². The molecule has 0 spiro atoms. The molecular formula is C34H35F3N6OS. The predicted octanol–water partition coefficient (Wildman–Crippen LogP) is 5.52. The minimum Gasteiger partial charge on any atom is -0.362 e. The molecule has 3 aromatic carbocycles. The van der Waals surface area contributed by atoms with Gasteiger partial charge in [-0.15, -0.1) is 0 Å². The summed E-state index contributed by atoms with van der Waals surface area (Å²) in [7, 11) is 0. The van der Waals surface area contributed by atoms with Gasteiger partial charge in [0.15, 0.2) is 5.11 Å². The first kappa shape index (κ1) is 33.4. The molecular weight excluding hydrogens is 597 g/mol. The van der Waals surface area contributed by atoms with Crippen LogP contribution in [0, 0.1) is 17.2 Å². The van der Waals surface area contributed by atoms with Gasteiger partial charge in [-0.3, -0.25) is 4.79 Å². The molecule has 0 saturated carbocycles. The molecule has 0 amide bonds. The average Bonchev–Trinajstić information content (AvgIpc) is 3.46. The number of imidazole rings is 1. The van der Waals surface area contributed by atoms with Gasteiger partial charge in [-0.25, -0.2) is 4.98 Å². The van der Waals surface area contributed by atoms with Crippen molar-refractivity contribution in [3.63, 3.8) is 0 Å². The fourth-order valence-electron chi connectivity index (χ4n) is 5.09. The van der Waals surface area contributed by atoms with Crippen LogP contribution in [0.4, 0.5) is 13.2 Å². The summed E-state index contributed by atoms with van der Waals surface area (Å²) >= 11 is 5.70. The zero-order valence-electron chi connectivity index (χ0n) is 24.7. The molecule has 234 valence electrons. The highest BCUT2D eigenvalue weighted by atomic mass is 32.1. The lowest BCUT2D eigenvalue weighted by molar-refractivity contribution is -0.138. The Morgan fingerprint density at radius 1 is 1.04 bits per heavy atom. The molecule has 3 N–H and O–H groups in total. The van der Waals surface area contributed by atoms with Crippen molar-refractivity contribution in [2.24, 2.45) is 11.7 Å². The maximum atomic E-state index is 13.9. The van der Waals surface area contributed by atoms with E-state index in [0.717, 1.165) is 17.2 Å². The number of nitrogens with zero attached hydrogens (tertiary/aromatic N) is 4. The van der Waals surface area contributed by atoms with E-state index in [-0.39, 0.29) is 42.5 Å². The first-order valence-corrected chi connectivity index (χ1v) is 15.0. The van der Waals surface area contributed by atoms with E-state index < -0.39 is 17.7 Å². The molecule has 4 aromatic rings. The van der Waals surface area contributed by atoms with Crippen molar-refractivity contribution < 1.29 is 18.0 Å². The van der Waals surface area contributed by atoms with E-state index in [9.17, 15) is 18.0 Å². The molecule has 11 heteroatoms. The van der Waals surface area contributed by atoms with E-state index in [0.29, 0.717) is 37.2 Å². The number of carbonyl (C=O) groups excluding carboxylic acids is 1. The lowest BCUT2D eigenvalue weighted by Crippen LogP contribution is -2.44. The highest BCUT2D eigenvalue weighted by molar-refractivity contribution is 7.80. The van der Waals surface area contributed by atoms with Crippen molar-refractivity contribution in [3.8, 4) is 6.07 Å². The molecule has 0 fully saturated rings. The average molecular weight is 633 g/mol. The van der Waals surface area contributed by atoms with Gasteiger partial charge in [0, 0.05) is 50.4 Å². The SMILES string of the molecule is N#Cc1ccc(Cn2cncc2CC(=O)[C@@H](CCN)CN(Cc2ccccc2C(F)(F)F)C(=S)NCCc2ccccc2)cc1. The number of nitrogens with one attached hydrogen (secondary N) is 1. The number of aromatic nitrogens is 2. The summed E-state index contributed by atoms with van der Waals surface area (Å²) in [4.78, 5) is 19.6. The fourth-order valence-corrected chi connectivity index (χ4v) is 5.33. The highest BCUT2D eigenvalue weighted by Gasteiger charge is 2.34.